The number of hydrogen-bond donors (Lipinski definition) is 2. The summed E-state index contributed by atoms with van der Waals surface area (Å²) in [5.74, 6) is 0.215. The van der Waals surface area contributed by atoms with Crippen LogP contribution in [-0.4, -0.2) is 27.5 Å². The van der Waals surface area contributed by atoms with E-state index < -0.39 is 15.8 Å². The van der Waals surface area contributed by atoms with Gasteiger partial charge in [-0.2, -0.15) is 0 Å². The monoisotopic (exact) mass is 458 g/mol. The predicted octanol–water partition coefficient (Wildman–Crippen LogP) is 4.68. The Bertz CT molecular complexity index is 1180. The largest absolute Gasteiger partial charge is 0.490 e. The van der Waals surface area contributed by atoms with E-state index in [-0.39, 0.29) is 16.5 Å². The van der Waals surface area contributed by atoms with Crippen LogP contribution >= 0.6 is 0 Å². The quantitative estimate of drug-likeness (QED) is 0.486. The van der Waals surface area contributed by atoms with Gasteiger partial charge in [0.2, 0.25) is 0 Å². The fourth-order valence-electron chi connectivity index (χ4n) is 2.85. The minimum absolute atomic E-state index is 0.0682. The highest BCUT2D eigenvalue weighted by molar-refractivity contribution is 7.92. The molecule has 9 heteroatoms. The molecule has 3 aromatic rings. The van der Waals surface area contributed by atoms with E-state index in [9.17, 15) is 17.6 Å². The van der Waals surface area contributed by atoms with E-state index >= 15 is 0 Å². The lowest BCUT2D eigenvalue weighted by molar-refractivity contribution is 0.102. The third kappa shape index (κ3) is 5.76. The summed E-state index contributed by atoms with van der Waals surface area (Å²) < 4.78 is 51.3. The van der Waals surface area contributed by atoms with Crippen molar-refractivity contribution in [3.63, 3.8) is 0 Å². The molecule has 7 nitrogen and oxygen atoms in total. The summed E-state index contributed by atoms with van der Waals surface area (Å²) in [6, 6.07) is 15.5. The van der Waals surface area contributed by atoms with E-state index in [0.29, 0.717) is 36.0 Å². The molecule has 0 atom stereocenters. The lowest BCUT2D eigenvalue weighted by Crippen LogP contribution is -2.14. The van der Waals surface area contributed by atoms with E-state index in [1.165, 1.54) is 36.4 Å². The molecule has 0 bridgehead atoms. The molecule has 0 heterocycles. The lowest BCUT2D eigenvalue weighted by atomic mass is 10.2. The Morgan fingerprint density at radius 2 is 1.44 bits per heavy atom. The normalized spacial score (nSPS) is 11.0. The zero-order chi connectivity index (χ0) is 23.1. The van der Waals surface area contributed by atoms with Crippen LogP contribution in [0.1, 0.15) is 24.2 Å². The number of amides is 1. The van der Waals surface area contributed by atoms with Gasteiger partial charge in [0, 0.05) is 23.0 Å². The summed E-state index contributed by atoms with van der Waals surface area (Å²) in [6.07, 6.45) is 0. The number of carbonyl (C=O) groups excluding carboxylic acids is 1. The Morgan fingerprint density at radius 3 is 2.06 bits per heavy atom. The van der Waals surface area contributed by atoms with Crippen molar-refractivity contribution >= 4 is 27.3 Å². The second-order valence-electron chi connectivity index (χ2n) is 6.62. The molecule has 3 aromatic carbocycles. The third-order valence-electron chi connectivity index (χ3n) is 4.32. The number of hydrogen-bond acceptors (Lipinski definition) is 5. The second kappa shape index (κ2) is 10.1. The van der Waals surface area contributed by atoms with Crippen molar-refractivity contribution in [2.75, 3.05) is 23.3 Å². The summed E-state index contributed by atoms with van der Waals surface area (Å²) in [7, 11) is -3.87. The Balaban J connectivity index is 1.70. The van der Waals surface area contributed by atoms with Crippen LogP contribution in [0.15, 0.2) is 71.6 Å². The van der Waals surface area contributed by atoms with Gasteiger partial charge in [0.25, 0.3) is 15.9 Å². The smallest absolute Gasteiger partial charge is 0.261 e. The molecule has 0 saturated heterocycles. The lowest BCUT2D eigenvalue weighted by Gasteiger charge is -2.13. The number of anilines is 2. The van der Waals surface area contributed by atoms with Crippen molar-refractivity contribution in [3.8, 4) is 11.5 Å². The maximum Gasteiger partial charge on any atom is 0.261 e. The Kier molecular flexibility index (Phi) is 7.32. The van der Waals surface area contributed by atoms with Gasteiger partial charge in [0.15, 0.2) is 11.5 Å². The van der Waals surface area contributed by atoms with Crippen molar-refractivity contribution in [2.24, 2.45) is 0 Å². The Morgan fingerprint density at radius 1 is 0.844 bits per heavy atom. The zero-order valence-corrected chi connectivity index (χ0v) is 18.4. The molecule has 0 unspecified atom stereocenters. The van der Waals surface area contributed by atoms with E-state index in [0.717, 1.165) is 12.1 Å². The molecule has 0 fully saturated rings. The van der Waals surface area contributed by atoms with Gasteiger partial charge >= 0.3 is 0 Å². The van der Waals surface area contributed by atoms with Crippen LogP contribution in [0.25, 0.3) is 0 Å². The van der Waals surface area contributed by atoms with Crippen LogP contribution in [0.3, 0.4) is 0 Å². The first kappa shape index (κ1) is 23.1. The summed E-state index contributed by atoms with van der Waals surface area (Å²) in [4.78, 5) is 12.5. The molecule has 0 aromatic heterocycles. The van der Waals surface area contributed by atoms with Gasteiger partial charge in [-0.15, -0.1) is 0 Å². The molecule has 0 radical (unpaired) electrons. The first-order chi connectivity index (χ1) is 15.3. The van der Waals surface area contributed by atoms with Crippen molar-refractivity contribution in [3.05, 3.63) is 78.1 Å². The van der Waals surface area contributed by atoms with Gasteiger partial charge in [-0.1, -0.05) is 0 Å². The fourth-order valence-corrected chi connectivity index (χ4v) is 3.91. The van der Waals surface area contributed by atoms with Gasteiger partial charge in [0.05, 0.1) is 18.1 Å². The molecule has 0 aliphatic carbocycles. The molecule has 32 heavy (non-hydrogen) atoms. The topological polar surface area (TPSA) is 93.7 Å². The van der Waals surface area contributed by atoms with Gasteiger partial charge < -0.3 is 14.8 Å². The Hall–Kier alpha value is -3.59. The SMILES string of the molecule is CCOc1ccc(NC(=O)c2ccc(NS(=O)(=O)c3ccc(F)cc3)cc2)cc1OCC. The van der Waals surface area contributed by atoms with E-state index in [1.54, 1.807) is 18.2 Å². The van der Waals surface area contributed by atoms with Crippen molar-refractivity contribution < 1.29 is 27.1 Å². The highest BCUT2D eigenvalue weighted by atomic mass is 32.2. The van der Waals surface area contributed by atoms with Crippen LogP contribution in [0.5, 0.6) is 11.5 Å². The highest BCUT2D eigenvalue weighted by Gasteiger charge is 2.15. The second-order valence-corrected chi connectivity index (χ2v) is 8.30. The number of rotatable bonds is 9. The first-order valence-corrected chi connectivity index (χ1v) is 11.4. The van der Waals surface area contributed by atoms with Crippen LogP contribution in [0.2, 0.25) is 0 Å². The average Bonchev–Trinajstić information content (AvgIpc) is 2.76. The van der Waals surface area contributed by atoms with Crippen LogP contribution < -0.4 is 19.5 Å². The van der Waals surface area contributed by atoms with Crippen LogP contribution in [-0.2, 0) is 10.0 Å². The molecule has 0 aliphatic rings. The average molecular weight is 459 g/mol. The minimum Gasteiger partial charge on any atom is -0.490 e. The number of ether oxygens (including phenoxy) is 2. The fraction of sp³-hybridized carbons (Fsp3) is 0.174. The minimum atomic E-state index is -3.87. The molecule has 0 spiro atoms. The van der Waals surface area contributed by atoms with Crippen molar-refractivity contribution in [1.82, 2.24) is 0 Å². The molecular formula is C23H23FN2O5S. The number of sulfonamides is 1. The van der Waals surface area contributed by atoms with Crippen LogP contribution in [0, 0.1) is 5.82 Å². The van der Waals surface area contributed by atoms with Crippen molar-refractivity contribution in [1.29, 1.82) is 0 Å². The van der Waals surface area contributed by atoms with Crippen molar-refractivity contribution in [2.45, 2.75) is 18.7 Å². The molecule has 0 aliphatic heterocycles. The summed E-state index contributed by atoms with van der Waals surface area (Å²) in [6.45, 7) is 4.66. The summed E-state index contributed by atoms with van der Waals surface area (Å²) in [5.41, 5.74) is 1.13. The maximum absolute atomic E-state index is 13.0. The zero-order valence-electron chi connectivity index (χ0n) is 17.6. The molecule has 168 valence electrons. The molecular weight excluding hydrogens is 435 g/mol. The first-order valence-electron chi connectivity index (χ1n) is 9.92. The van der Waals surface area contributed by atoms with E-state index in [4.69, 9.17) is 9.47 Å². The molecule has 1 amide bonds. The summed E-state index contributed by atoms with van der Waals surface area (Å²) in [5, 5.41) is 2.78. The van der Waals surface area contributed by atoms with Crippen LogP contribution in [0.4, 0.5) is 15.8 Å². The van der Waals surface area contributed by atoms with Gasteiger partial charge in [0.1, 0.15) is 5.82 Å². The molecule has 3 rings (SSSR count). The summed E-state index contributed by atoms with van der Waals surface area (Å²) >= 11 is 0. The van der Waals surface area contributed by atoms with E-state index in [1.807, 2.05) is 13.8 Å². The standard InChI is InChI=1S/C23H23FN2O5S/c1-3-30-21-14-11-19(15-22(21)31-4-2)25-23(27)16-5-9-18(10-6-16)26-32(28,29)20-12-7-17(24)8-13-20/h5-15,26H,3-4H2,1-2H3,(H,25,27). The predicted molar refractivity (Wildman–Crippen MR) is 120 cm³/mol. The van der Waals surface area contributed by atoms with E-state index in [2.05, 4.69) is 10.0 Å². The highest BCUT2D eigenvalue weighted by Crippen LogP contribution is 2.31. The molecule has 0 saturated carbocycles. The number of carbonyl (C=O) groups is 1. The number of benzene rings is 3. The van der Waals surface area contributed by atoms with Gasteiger partial charge in [-0.25, -0.2) is 12.8 Å². The number of nitrogens with one attached hydrogen (secondary N) is 2. The maximum atomic E-state index is 13.0. The Labute approximate surface area is 186 Å². The number of halogens is 1. The van der Waals surface area contributed by atoms with Gasteiger partial charge in [-0.05, 0) is 74.5 Å². The van der Waals surface area contributed by atoms with Gasteiger partial charge in [-0.3, -0.25) is 9.52 Å². The molecule has 2 N–H and O–H groups in total. The third-order valence-corrected chi connectivity index (χ3v) is 5.72.